The van der Waals surface area contributed by atoms with Crippen LogP contribution in [0.4, 0.5) is 0 Å². The van der Waals surface area contributed by atoms with Crippen molar-refractivity contribution in [3.05, 3.63) is 65.7 Å². The molecule has 0 spiro atoms. The summed E-state index contributed by atoms with van der Waals surface area (Å²) >= 11 is 0. The normalized spacial score (nSPS) is 12.3. The summed E-state index contributed by atoms with van der Waals surface area (Å²) in [6.07, 6.45) is 17.4. The van der Waals surface area contributed by atoms with Crippen molar-refractivity contribution < 1.29 is 18.8 Å². The second kappa shape index (κ2) is 18.8. The van der Waals surface area contributed by atoms with Gasteiger partial charge in [0.25, 0.3) is 0 Å². The molecule has 1 unspecified atom stereocenters. The zero-order valence-corrected chi connectivity index (χ0v) is 24.8. The number of nitrogens with zero attached hydrogens (tertiary/aromatic N) is 1. The van der Waals surface area contributed by atoms with Crippen molar-refractivity contribution >= 4 is 5.97 Å². The van der Waals surface area contributed by atoms with Crippen LogP contribution >= 0.6 is 0 Å². The van der Waals surface area contributed by atoms with Gasteiger partial charge in [0.05, 0.1) is 14.1 Å². The summed E-state index contributed by atoms with van der Waals surface area (Å²) in [4.78, 5) is 12.7. The number of aryl methyl sites for hydroxylation is 1. The predicted octanol–water partition coefficient (Wildman–Crippen LogP) is 8.52. The van der Waals surface area contributed by atoms with Gasteiger partial charge in [-0.25, -0.2) is 4.79 Å². The first kappa shape index (κ1) is 31.9. The highest BCUT2D eigenvalue weighted by Crippen LogP contribution is 2.21. The number of ether oxygens (including phenoxy) is 2. The fourth-order valence-corrected chi connectivity index (χ4v) is 4.90. The first-order valence-corrected chi connectivity index (χ1v) is 15.2. The quantitative estimate of drug-likeness (QED) is 0.0932. The lowest BCUT2D eigenvalue weighted by Crippen LogP contribution is -2.51. The van der Waals surface area contributed by atoms with Crippen LogP contribution in [-0.2, 0) is 22.5 Å². The van der Waals surface area contributed by atoms with E-state index in [2.05, 4.69) is 45.3 Å². The Balaban J connectivity index is 1.60. The van der Waals surface area contributed by atoms with Crippen LogP contribution in [-0.4, -0.2) is 43.8 Å². The number of carbonyl (C=O) groups is 1. The molecule has 2 rings (SSSR count). The van der Waals surface area contributed by atoms with Gasteiger partial charge in [0.2, 0.25) is 0 Å². The summed E-state index contributed by atoms with van der Waals surface area (Å²) in [5.74, 6) is 0.735. The van der Waals surface area contributed by atoms with Crippen molar-refractivity contribution in [2.75, 3.05) is 27.3 Å². The Kier molecular flexibility index (Phi) is 15.8. The van der Waals surface area contributed by atoms with Gasteiger partial charge in [0.15, 0.2) is 6.04 Å². The molecule has 4 heteroatoms. The molecular weight excluding hydrogens is 470 g/mol. The molecule has 1 atom stereocenters. The maximum Gasteiger partial charge on any atom is 0.364 e. The molecule has 0 fully saturated rings. The fourth-order valence-electron chi connectivity index (χ4n) is 4.90. The van der Waals surface area contributed by atoms with Crippen LogP contribution in [0.2, 0.25) is 0 Å². The van der Waals surface area contributed by atoms with E-state index in [4.69, 9.17) is 9.47 Å². The van der Waals surface area contributed by atoms with Crippen LogP contribution in [0.3, 0.4) is 0 Å². The highest BCUT2D eigenvalue weighted by molar-refractivity contribution is 5.74. The molecule has 0 bridgehead atoms. The average molecular weight is 525 g/mol. The van der Waals surface area contributed by atoms with Crippen LogP contribution in [0.15, 0.2) is 54.6 Å². The molecule has 0 N–H and O–H groups in total. The van der Waals surface area contributed by atoms with E-state index < -0.39 is 0 Å². The van der Waals surface area contributed by atoms with Gasteiger partial charge in [-0.3, -0.25) is 0 Å². The maximum atomic E-state index is 12.7. The smallest absolute Gasteiger partial charge is 0.364 e. The molecule has 2 aromatic carbocycles. The largest absolute Gasteiger partial charge is 0.490 e. The second-order valence-electron chi connectivity index (χ2n) is 11.4. The van der Waals surface area contributed by atoms with Crippen LogP contribution in [0.25, 0.3) is 0 Å². The Morgan fingerprint density at radius 1 is 0.737 bits per heavy atom. The SMILES string of the molecule is CCCCCCCCCCCCCCc1ccccc1OCCOC(=O)C(C)[N+](C)(C)Cc1ccccc1. The second-order valence-corrected chi connectivity index (χ2v) is 11.4. The van der Waals surface area contributed by atoms with Crippen LogP contribution < -0.4 is 4.74 Å². The molecule has 0 aliphatic carbocycles. The molecule has 0 aliphatic heterocycles. The highest BCUT2D eigenvalue weighted by Gasteiger charge is 2.32. The minimum atomic E-state index is -0.256. The number of para-hydroxylation sites is 1. The van der Waals surface area contributed by atoms with Crippen molar-refractivity contribution in [2.45, 2.75) is 110 Å². The molecular formula is C34H54NO3+. The molecule has 0 aromatic heterocycles. The van der Waals surface area contributed by atoms with E-state index in [0.717, 1.165) is 18.7 Å². The van der Waals surface area contributed by atoms with Crippen molar-refractivity contribution in [1.29, 1.82) is 0 Å². The number of rotatable bonds is 21. The third-order valence-electron chi connectivity index (χ3n) is 7.68. The van der Waals surface area contributed by atoms with E-state index in [1.165, 1.54) is 88.2 Å². The summed E-state index contributed by atoms with van der Waals surface area (Å²) in [7, 11) is 4.14. The number of carbonyl (C=O) groups excluding carboxylic acids is 1. The van der Waals surface area contributed by atoms with E-state index in [1.54, 1.807) is 0 Å². The van der Waals surface area contributed by atoms with E-state index in [-0.39, 0.29) is 18.6 Å². The van der Waals surface area contributed by atoms with E-state index in [1.807, 2.05) is 37.3 Å². The Labute approximate surface area is 233 Å². The number of quaternary nitrogens is 1. The zero-order chi connectivity index (χ0) is 27.5. The number of benzene rings is 2. The van der Waals surface area contributed by atoms with E-state index in [0.29, 0.717) is 11.1 Å². The highest BCUT2D eigenvalue weighted by atomic mass is 16.6. The number of likely N-dealkylation sites (N-methyl/N-ethyl adjacent to an activating group) is 1. The summed E-state index contributed by atoms with van der Waals surface area (Å²) in [6, 6.07) is 18.3. The Morgan fingerprint density at radius 3 is 1.92 bits per heavy atom. The van der Waals surface area contributed by atoms with E-state index >= 15 is 0 Å². The van der Waals surface area contributed by atoms with Crippen LogP contribution in [0.1, 0.15) is 102 Å². The first-order valence-electron chi connectivity index (χ1n) is 15.2. The van der Waals surface area contributed by atoms with Crippen molar-refractivity contribution in [3.8, 4) is 5.75 Å². The molecule has 0 amide bonds. The summed E-state index contributed by atoms with van der Waals surface area (Å²) < 4.78 is 12.2. The number of hydrogen-bond donors (Lipinski definition) is 0. The van der Waals surface area contributed by atoms with Gasteiger partial charge >= 0.3 is 5.97 Å². The molecule has 0 heterocycles. The lowest BCUT2D eigenvalue weighted by molar-refractivity contribution is -0.917. The van der Waals surface area contributed by atoms with Gasteiger partial charge in [-0.15, -0.1) is 0 Å². The molecule has 0 saturated heterocycles. The molecule has 2 aromatic rings. The summed E-state index contributed by atoms with van der Waals surface area (Å²) in [5, 5.41) is 0. The molecule has 0 radical (unpaired) electrons. The molecule has 0 saturated carbocycles. The lowest BCUT2D eigenvalue weighted by atomic mass is 10.0. The third-order valence-corrected chi connectivity index (χ3v) is 7.68. The Morgan fingerprint density at radius 2 is 1.29 bits per heavy atom. The van der Waals surface area contributed by atoms with Crippen LogP contribution in [0, 0.1) is 0 Å². The van der Waals surface area contributed by atoms with Gasteiger partial charge in [0.1, 0.15) is 25.5 Å². The van der Waals surface area contributed by atoms with Gasteiger partial charge in [-0.05, 0) is 31.4 Å². The monoisotopic (exact) mass is 524 g/mol. The predicted molar refractivity (Wildman–Crippen MR) is 159 cm³/mol. The minimum absolute atomic E-state index is 0.181. The third kappa shape index (κ3) is 13.0. The van der Waals surface area contributed by atoms with Gasteiger partial charge < -0.3 is 14.0 Å². The topological polar surface area (TPSA) is 35.5 Å². The molecule has 4 nitrogen and oxygen atoms in total. The summed E-state index contributed by atoms with van der Waals surface area (Å²) in [6.45, 7) is 5.64. The standard InChI is InChI=1S/C34H54NO3/c1-5-6-7-8-9-10-11-12-13-14-15-19-24-32-25-20-21-26-33(32)37-27-28-38-34(36)30(2)35(3,4)29-31-22-17-16-18-23-31/h16-18,20-23,25-26,30H,5-15,19,24,27-29H2,1-4H3/q+1. The van der Waals surface area contributed by atoms with Crippen LogP contribution in [0.5, 0.6) is 5.75 Å². The number of hydrogen-bond acceptors (Lipinski definition) is 3. The fraction of sp³-hybridized carbons (Fsp3) is 0.618. The summed E-state index contributed by atoms with van der Waals surface area (Å²) in [5.41, 5.74) is 2.46. The van der Waals surface area contributed by atoms with Gasteiger partial charge in [-0.2, -0.15) is 0 Å². The first-order chi connectivity index (χ1) is 18.4. The molecule has 38 heavy (non-hydrogen) atoms. The number of unbranched alkanes of at least 4 members (excludes halogenated alkanes) is 11. The minimum Gasteiger partial charge on any atom is -0.490 e. The average Bonchev–Trinajstić information content (AvgIpc) is 2.92. The van der Waals surface area contributed by atoms with E-state index in [9.17, 15) is 4.79 Å². The van der Waals surface area contributed by atoms with Crippen molar-refractivity contribution in [2.24, 2.45) is 0 Å². The Hall–Kier alpha value is -2.33. The van der Waals surface area contributed by atoms with Gasteiger partial charge in [-0.1, -0.05) is 126 Å². The number of esters is 1. The Bertz CT molecular complexity index is 880. The van der Waals surface area contributed by atoms with Crippen molar-refractivity contribution in [1.82, 2.24) is 0 Å². The van der Waals surface area contributed by atoms with Crippen molar-refractivity contribution in [3.63, 3.8) is 0 Å². The van der Waals surface area contributed by atoms with Gasteiger partial charge in [0, 0.05) is 5.56 Å². The lowest BCUT2D eigenvalue weighted by Gasteiger charge is -2.34. The zero-order valence-electron chi connectivity index (χ0n) is 24.8. The molecule has 0 aliphatic rings. The molecule has 212 valence electrons. The maximum absolute atomic E-state index is 12.7.